The van der Waals surface area contributed by atoms with E-state index in [1.54, 1.807) is 66.7 Å². The van der Waals surface area contributed by atoms with Crippen molar-refractivity contribution in [3.05, 3.63) is 215 Å². The smallest absolute Gasteiger partial charge is 0.338 e. The summed E-state index contributed by atoms with van der Waals surface area (Å²) in [6, 6.07) is 53.4. The van der Waals surface area contributed by atoms with E-state index >= 15 is 0 Å². The number of ether oxygens (including phenoxy) is 9. The molecule has 6 aromatic rings. The second-order valence-electron chi connectivity index (χ2n) is 15.7. The maximum Gasteiger partial charge on any atom is 0.338 e. The van der Waals surface area contributed by atoms with Crippen LogP contribution in [0.25, 0.3) is 0 Å². The van der Waals surface area contributed by atoms with Gasteiger partial charge in [-0.05, 0) is 53.1 Å². The summed E-state index contributed by atoms with van der Waals surface area (Å²) in [5.74, 6) is -2.47. The Morgan fingerprint density at radius 3 is 1.24 bits per heavy atom. The molecule has 0 bridgehead atoms. The number of hydrogen-bond acceptors (Lipinski definition) is 13. The molecule has 9 atom stereocenters. The summed E-state index contributed by atoms with van der Waals surface area (Å²) < 4.78 is 56.7. The quantitative estimate of drug-likeness (QED) is 0.0631. The summed E-state index contributed by atoms with van der Waals surface area (Å²) in [4.78, 5) is 41.3. The van der Waals surface area contributed by atoms with Gasteiger partial charge in [0.2, 0.25) is 0 Å². The van der Waals surface area contributed by atoms with Crippen molar-refractivity contribution >= 4 is 17.9 Å². The van der Waals surface area contributed by atoms with E-state index in [0.717, 1.165) is 16.7 Å². The Bertz CT molecular complexity index is 2410. The Labute approximate surface area is 382 Å². The summed E-state index contributed by atoms with van der Waals surface area (Å²) in [5, 5.41) is 11.7. The number of rotatable bonds is 19. The predicted octanol–water partition coefficient (Wildman–Crippen LogP) is 7.51. The van der Waals surface area contributed by atoms with Gasteiger partial charge in [0, 0.05) is 0 Å². The van der Waals surface area contributed by atoms with Crippen molar-refractivity contribution in [1.82, 2.24) is 0 Å². The van der Waals surface area contributed by atoms with Crippen LogP contribution >= 0.6 is 0 Å². The minimum atomic E-state index is -1.89. The number of esters is 3. The highest BCUT2D eigenvalue weighted by Gasteiger charge is 2.54. The Kier molecular flexibility index (Phi) is 16.1. The molecule has 13 nitrogen and oxygen atoms in total. The number of benzene rings is 6. The minimum absolute atomic E-state index is 0.112. The first-order chi connectivity index (χ1) is 32.4. The highest BCUT2D eigenvalue weighted by Crippen LogP contribution is 2.34. The first kappa shape index (κ1) is 46.0. The number of aliphatic hydroxyl groups excluding tert-OH is 1. The van der Waals surface area contributed by atoms with Gasteiger partial charge in [0.15, 0.2) is 30.9 Å². The van der Waals surface area contributed by atoms with Gasteiger partial charge in [-0.15, -0.1) is 0 Å². The Morgan fingerprint density at radius 2 is 0.773 bits per heavy atom. The van der Waals surface area contributed by atoms with Gasteiger partial charge in [-0.2, -0.15) is 0 Å². The van der Waals surface area contributed by atoms with Crippen LogP contribution in [0, 0.1) is 0 Å². The summed E-state index contributed by atoms with van der Waals surface area (Å²) in [5.41, 5.74) is 3.30. The van der Waals surface area contributed by atoms with Gasteiger partial charge in [-0.1, -0.05) is 146 Å². The standard InChI is InChI=1S/C53H50O13/c54-49(39-25-13-4-14-26-39)64-45-43(62-52(57)47(66-51(56)41-29-17-6-18-30-41)46(45)65-50(55)40-27-15-5-16-28-40)35-61-53-48(60-33-38-23-11-3-12-24-38)44(59-32-37-21-9-2-10-22-37)42(63-53)34-58-31-36-19-7-1-8-20-36/h1-30,42-48,52-53,57H,31-35H2/t42-,43-,44-,45-,46+,47-,48+,52+,53-/m1/s1. The number of carbonyl (C=O) groups is 3. The van der Waals surface area contributed by atoms with Gasteiger partial charge in [0.05, 0.1) is 49.7 Å². The Morgan fingerprint density at radius 1 is 0.394 bits per heavy atom. The molecule has 1 N–H and O–H groups in total. The van der Waals surface area contributed by atoms with Gasteiger partial charge in [0.25, 0.3) is 0 Å². The summed E-state index contributed by atoms with van der Waals surface area (Å²) in [6.07, 6.45) is -11.4. The minimum Gasteiger partial charge on any atom is -0.452 e. The van der Waals surface area contributed by atoms with Crippen LogP contribution in [0.15, 0.2) is 182 Å². The maximum atomic E-state index is 13.9. The van der Waals surface area contributed by atoms with E-state index < -0.39 is 79.8 Å². The molecule has 13 heteroatoms. The first-order valence-corrected chi connectivity index (χ1v) is 21.7. The molecular formula is C53H50O13. The molecule has 0 unspecified atom stereocenters. The van der Waals surface area contributed by atoms with E-state index in [2.05, 4.69) is 0 Å². The number of aliphatic hydroxyl groups is 1. The third kappa shape index (κ3) is 12.2. The lowest BCUT2D eigenvalue weighted by Crippen LogP contribution is -2.62. The van der Waals surface area contributed by atoms with Crippen LogP contribution in [-0.4, -0.2) is 91.5 Å². The third-order valence-corrected chi connectivity index (χ3v) is 11.0. The van der Waals surface area contributed by atoms with Gasteiger partial charge < -0.3 is 47.7 Å². The number of carbonyl (C=O) groups excluding carboxylic acids is 3. The van der Waals surface area contributed by atoms with Crippen LogP contribution in [0.3, 0.4) is 0 Å². The molecule has 0 radical (unpaired) electrons. The molecule has 0 spiro atoms. The molecule has 0 amide bonds. The molecular weight excluding hydrogens is 845 g/mol. The van der Waals surface area contributed by atoms with Crippen molar-refractivity contribution in [2.45, 2.75) is 75.1 Å². The van der Waals surface area contributed by atoms with Crippen molar-refractivity contribution < 1.29 is 62.1 Å². The zero-order chi connectivity index (χ0) is 45.5. The molecule has 2 saturated heterocycles. The van der Waals surface area contributed by atoms with Crippen LogP contribution < -0.4 is 0 Å². The topological polar surface area (TPSA) is 155 Å². The van der Waals surface area contributed by atoms with E-state index in [1.165, 1.54) is 24.3 Å². The van der Waals surface area contributed by atoms with Crippen LogP contribution in [0.2, 0.25) is 0 Å². The lowest BCUT2D eigenvalue weighted by Gasteiger charge is -2.43. The second-order valence-corrected chi connectivity index (χ2v) is 15.7. The zero-order valence-electron chi connectivity index (χ0n) is 35.9. The summed E-state index contributed by atoms with van der Waals surface area (Å²) in [6.45, 7) is 0.436. The Hall–Kier alpha value is -6.55. The highest BCUT2D eigenvalue weighted by atomic mass is 16.7. The largest absolute Gasteiger partial charge is 0.452 e. The second kappa shape index (κ2) is 23.1. The molecule has 2 fully saturated rings. The fourth-order valence-electron chi connectivity index (χ4n) is 7.66. The molecule has 0 saturated carbocycles. The monoisotopic (exact) mass is 894 g/mol. The molecule has 8 rings (SSSR count). The van der Waals surface area contributed by atoms with Crippen LogP contribution in [0.1, 0.15) is 47.8 Å². The van der Waals surface area contributed by atoms with Gasteiger partial charge in [0.1, 0.15) is 24.4 Å². The zero-order valence-corrected chi connectivity index (χ0v) is 35.9. The molecule has 66 heavy (non-hydrogen) atoms. The highest BCUT2D eigenvalue weighted by molar-refractivity contribution is 5.91. The molecule has 6 aromatic carbocycles. The average molecular weight is 895 g/mol. The van der Waals surface area contributed by atoms with Crippen LogP contribution in [0.5, 0.6) is 0 Å². The summed E-state index contributed by atoms with van der Waals surface area (Å²) in [7, 11) is 0. The van der Waals surface area contributed by atoms with E-state index in [-0.39, 0.29) is 36.5 Å². The molecule has 2 heterocycles. The third-order valence-electron chi connectivity index (χ3n) is 11.0. The molecule has 340 valence electrons. The molecule has 2 aliphatic heterocycles. The van der Waals surface area contributed by atoms with Crippen molar-refractivity contribution in [1.29, 1.82) is 0 Å². The van der Waals surface area contributed by atoms with Gasteiger partial charge in [-0.25, -0.2) is 14.4 Å². The molecule has 2 aliphatic rings. The van der Waals surface area contributed by atoms with E-state index in [1.807, 2.05) is 91.0 Å². The lowest BCUT2D eigenvalue weighted by molar-refractivity contribution is -0.296. The SMILES string of the molecule is O=C(O[C@@H]1[C@@H](OC(=O)c2ccccc2)[C@@H](O)O[C@H](CO[C@@H]2O[C@H](COCc3ccccc3)[C@@H](OCc3ccccc3)[C@@H]2OCc2ccccc2)[C@H]1OC(=O)c1ccccc1)c1ccccc1. The molecule has 0 aromatic heterocycles. The van der Waals surface area contributed by atoms with Crippen LogP contribution in [0.4, 0.5) is 0 Å². The average Bonchev–Trinajstić information content (AvgIpc) is 3.70. The van der Waals surface area contributed by atoms with E-state index in [9.17, 15) is 19.5 Å². The fourth-order valence-corrected chi connectivity index (χ4v) is 7.66. The fraction of sp³-hybridized carbons (Fsp3) is 0.264. The number of hydrogen-bond donors (Lipinski definition) is 1. The van der Waals surface area contributed by atoms with Gasteiger partial charge in [-0.3, -0.25) is 0 Å². The summed E-state index contributed by atoms with van der Waals surface area (Å²) >= 11 is 0. The predicted molar refractivity (Wildman–Crippen MR) is 239 cm³/mol. The van der Waals surface area contributed by atoms with E-state index in [0.29, 0.717) is 6.61 Å². The lowest BCUT2D eigenvalue weighted by atomic mass is 9.97. The van der Waals surface area contributed by atoms with Crippen molar-refractivity contribution in [2.24, 2.45) is 0 Å². The van der Waals surface area contributed by atoms with Crippen molar-refractivity contribution in [3.8, 4) is 0 Å². The normalized spacial score (nSPS) is 23.7. The first-order valence-electron chi connectivity index (χ1n) is 21.7. The van der Waals surface area contributed by atoms with E-state index in [4.69, 9.17) is 42.6 Å². The maximum absolute atomic E-state index is 13.9. The van der Waals surface area contributed by atoms with Crippen molar-refractivity contribution in [3.63, 3.8) is 0 Å². The molecule has 0 aliphatic carbocycles. The Balaban J connectivity index is 1.09. The van der Waals surface area contributed by atoms with Crippen LogP contribution in [-0.2, 0) is 62.5 Å². The van der Waals surface area contributed by atoms with Gasteiger partial charge >= 0.3 is 17.9 Å². The van der Waals surface area contributed by atoms with Crippen molar-refractivity contribution in [2.75, 3.05) is 13.2 Å².